The molecule has 5 nitrogen and oxygen atoms in total. The molecule has 0 aliphatic carbocycles. The normalized spacial score (nSPS) is 14.8. The number of fused-ring (bicyclic) bond motifs is 1. The Bertz CT molecular complexity index is 829. The fraction of sp³-hybridized carbons (Fsp3) is 0.350. The number of carbonyl (C=O) groups is 1. The highest BCUT2D eigenvalue weighted by atomic mass is 127. The molecule has 0 unspecified atom stereocenters. The first-order valence-electron chi connectivity index (χ1n) is 8.58. The zero-order valence-corrected chi connectivity index (χ0v) is 17.4. The van der Waals surface area contributed by atoms with E-state index in [1.54, 1.807) is 4.90 Å². The van der Waals surface area contributed by atoms with E-state index in [2.05, 4.69) is 32.6 Å². The van der Waals surface area contributed by atoms with Crippen molar-refractivity contribution in [2.45, 2.75) is 39.3 Å². The molecule has 0 saturated carbocycles. The Morgan fingerprint density at radius 2 is 1.92 bits per heavy atom. The van der Waals surface area contributed by atoms with Crippen molar-refractivity contribution >= 4 is 38.2 Å². The molecule has 136 valence electrons. The van der Waals surface area contributed by atoms with E-state index >= 15 is 0 Å². The predicted octanol–water partition coefficient (Wildman–Crippen LogP) is 4.89. The Hall–Kier alpha value is -1.96. The first kappa shape index (κ1) is 18.8. The van der Waals surface area contributed by atoms with Gasteiger partial charge in [0.15, 0.2) is 5.82 Å². The van der Waals surface area contributed by atoms with Crippen LogP contribution >= 0.6 is 22.6 Å². The lowest BCUT2D eigenvalue weighted by atomic mass is 10.1. The third-order valence-corrected chi connectivity index (χ3v) is 4.77. The minimum Gasteiger partial charge on any atom is -0.444 e. The first-order chi connectivity index (χ1) is 12.3. The number of nitrogens with zero attached hydrogens (tertiary/aromatic N) is 3. The highest BCUT2D eigenvalue weighted by Gasteiger charge is 2.26. The van der Waals surface area contributed by atoms with Gasteiger partial charge in [0, 0.05) is 24.2 Å². The van der Waals surface area contributed by atoms with Gasteiger partial charge in [0.1, 0.15) is 9.32 Å². The number of hydrogen-bond donors (Lipinski definition) is 0. The van der Waals surface area contributed by atoms with Crippen LogP contribution in [0.1, 0.15) is 37.6 Å². The van der Waals surface area contributed by atoms with Crippen LogP contribution in [0.4, 0.5) is 10.6 Å². The standard InChI is InChI=1S/C20H22IN3O2/c1-20(2,3)26-19(25)24-12-11-16-15(13-24)9-10-17(22-16)23-18(21)14-7-5-4-6-8-14/h4-10H,11-13H2,1-3H3/b23-18+. The van der Waals surface area contributed by atoms with Gasteiger partial charge in [-0.25, -0.2) is 14.8 Å². The lowest BCUT2D eigenvalue weighted by Crippen LogP contribution is -2.40. The van der Waals surface area contributed by atoms with Crippen LogP contribution in [0.15, 0.2) is 47.5 Å². The number of pyridine rings is 1. The quantitative estimate of drug-likeness (QED) is 0.471. The highest BCUT2D eigenvalue weighted by Crippen LogP contribution is 2.23. The molecule has 0 saturated heterocycles. The number of aliphatic imine (C=N–C) groups is 1. The van der Waals surface area contributed by atoms with Gasteiger partial charge >= 0.3 is 6.09 Å². The van der Waals surface area contributed by atoms with E-state index in [4.69, 9.17) is 4.74 Å². The summed E-state index contributed by atoms with van der Waals surface area (Å²) >= 11 is 2.23. The molecule has 1 aliphatic rings. The summed E-state index contributed by atoms with van der Waals surface area (Å²) in [6.07, 6.45) is 0.434. The first-order valence-corrected chi connectivity index (χ1v) is 9.66. The van der Waals surface area contributed by atoms with E-state index in [1.807, 2.05) is 63.2 Å². The van der Waals surface area contributed by atoms with Gasteiger partial charge in [-0.2, -0.15) is 0 Å². The molecule has 2 aromatic rings. The van der Waals surface area contributed by atoms with E-state index in [-0.39, 0.29) is 6.09 Å². The highest BCUT2D eigenvalue weighted by molar-refractivity contribution is 14.1. The van der Waals surface area contributed by atoms with Gasteiger partial charge in [0.25, 0.3) is 0 Å². The summed E-state index contributed by atoms with van der Waals surface area (Å²) in [6.45, 7) is 6.77. The van der Waals surface area contributed by atoms with Crippen molar-refractivity contribution in [3.05, 3.63) is 59.3 Å². The van der Waals surface area contributed by atoms with Gasteiger partial charge in [-0.3, -0.25) is 0 Å². The lowest BCUT2D eigenvalue weighted by molar-refractivity contribution is 0.0223. The molecule has 0 radical (unpaired) electrons. The summed E-state index contributed by atoms with van der Waals surface area (Å²) in [7, 11) is 0. The Morgan fingerprint density at radius 1 is 1.19 bits per heavy atom. The lowest BCUT2D eigenvalue weighted by Gasteiger charge is -2.30. The zero-order valence-electron chi connectivity index (χ0n) is 15.2. The van der Waals surface area contributed by atoms with E-state index in [0.717, 1.165) is 20.5 Å². The molecule has 0 fully saturated rings. The van der Waals surface area contributed by atoms with Crippen LogP contribution in [-0.4, -0.2) is 31.8 Å². The second kappa shape index (κ2) is 7.73. The van der Waals surface area contributed by atoms with Crippen molar-refractivity contribution in [3.8, 4) is 0 Å². The van der Waals surface area contributed by atoms with Crippen LogP contribution in [-0.2, 0) is 17.7 Å². The summed E-state index contributed by atoms with van der Waals surface area (Å²) < 4.78 is 6.37. The van der Waals surface area contributed by atoms with Crippen molar-refractivity contribution in [1.82, 2.24) is 9.88 Å². The second-order valence-corrected chi connectivity index (χ2v) is 8.22. The molecule has 3 rings (SSSR count). The topological polar surface area (TPSA) is 54.8 Å². The van der Waals surface area contributed by atoms with Crippen LogP contribution < -0.4 is 0 Å². The van der Waals surface area contributed by atoms with Gasteiger partial charge < -0.3 is 9.64 Å². The van der Waals surface area contributed by atoms with E-state index in [0.29, 0.717) is 25.3 Å². The molecule has 0 atom stereocenters. The maximum absolute atomic E-state index is 12.3. The molecule has 0 bridgehead atoms. The molecule has 1 aromatic heterocycles. The minimum absolute atomic E-state index is 0.274. The number of hydrogen-bond acceptors (Lipinski definition) is 4. The maximum Gasteiger partial charge on any atom is 0.410 e. The summed E-state index contributed by atoms with van der Waals surface area (Å²) in [5.74, 6) is 0.697. The van der Waals surface area contributed by atoms with Gasteiger partial charge in [-0.1, -0.05) is 36.4 Å². The Morgan fingerprint density at radius 3 is 2.62 bits per heavy atom. The zero-order chi connectivity index (χ0) is 18.7. The van der Waals surface area contributed by atoms with Gasteiger partial charge in [0.2, 0.25) is 0 Å². The third kappa shape index (κ3) is 4.81. The third-order valence-electron chi connectivity index (χ3n) is 3.91. The molecule has 1 amide bonds. The summed E-state index contributed by atoms with van der Waals surface area (Å²) in [5.41, 5.74) is 2.64. The van der Waals surface area contributed by atoms with Crippen molar-refractivity contribution < 1.29 is 9.53 Å². The number of ether oxygens (including phenoxy) is 1. The van der Waals surface area contributed by atoms with E-state index in [9.17, 15) is 4.79 Å². The van der Waals surface area contributed by atoms with Crippen LogP contribution in [0.25, 0.3) is 0 Å². The van der Waals surface area contributed by atoms with Crippen LogP contribution in [0.2, 0.25) is 0 Å². The van der Waals surface area contributed by atoms with E-state index < -0.39 is 5.60 Å². The molecule has 6 heteroatoms. The SMILES string of the molecule is CC(C)(C)OC(=O)N1CCc2nc(/N=C(/I)c3ccccc3)ccc2C1. The summed E-state index contributed by atoms with van der Waals surface area (Å²) in [4.78, 5) is 23.3. The minimum atomic E-state index is -0.484. The molecule has 26 heavy (non-hydrogen) atoms. The maximum atomic E-state index is 12.3. The average molecular weight is 463 g/mol. The molecule has 2 heterocycles. The van der Waals surface area contributed by atoms with Gasteiger partial charge in [-0.15, -0.1) is 0 Å². The number of rotatable bonds is 2. The number of carbonyl (C=O) groups excluding carboxylic acids is 1. The monoisotopic (exact) mass is 463 g/mol. The van der Waals surface area contributed by atoms with Crippen molar-refractivity contribution in [2.24, 2.45) is 4.99 Å². The van der Waals surface area contributed by atoms with Gasteiger partial charge in [0.05, 0.1) is 6.54 Å². The van der Waals surface area contributed by atoms with Gasteiger partial charge in [-0.05, 0) is 55.0 Å². The molecule has 0 N–H and O–H groups in total. The Labute approximate surface area is 167 Å². The van der Waals surface area contributed by atoms with Crippen molar-refractivity contribution in [2.75, 3.05) is 6.54 Å². The van der Waals surface area contributed by atoms with Crippen molar-refractivity contribution in [1.29, 1.82) is 0 Å². The molecular formula is C20H22IN3O2. The molecule has 1 aliphatic heterocycles. The number of benzene rings is 1. The second-order valence-electron chi connectivity index (χ2n) is 7.20. The predicted molar refractivity (Wildman–Crippen MR) is 111 cm³/mol. The van der Waals surface area contributed by atoms with Crippen LogP contribution in [0, 0.1) is 0 Å². The number of halogens is 1. The Balaban J connectivity index is 1.74. The number of amides is 1. The number of aromatic nitrogens is 1. The van der Waals surface area contributed by atoms with E-state index in [1.165, 1.54) is 0 Å². The Kier molecular flexibility index (Phi) is 5.60. The fourth-order valence-electron chi connectivity index (χ4n) is 2.69. The van der Waals surface area contributed by atoms with Crippen LogP contribution in [0.3, 0.4) is 0 Å². The smallest absolute Gasteiger partial charge is 0.410 e. The largest absolute Gasteiger partial charge is 0.444 e. The fourth-order valence-corrected chi connectivity index (χ4v) is 3.30. The molecule has 1 aromatic carbocycles. The molecular weight excluding hydrogens is 441 g/mol. The average Bonchev–Trinajstić information content (AvgIpc) is 2.60. The van der Waals surface area contributed by atoms with Crippen molar-refractivity contribution in [3.63, 3.8) is 0 Å². The summed E-state index contributed by atoms with van der Waals surface area (Å²) in [5, 5.41) is 0. The summed E-state index contributed by atoms with van der Waals surface area (Å²) in [6, 6.07) is 13.9. The van der Waals surface area contributed by atoms with Crippen LogP contribution in [0.5, 0.6) is 0 Å². The molecule has 0 spiro atoms.